The van der Waals surface area contributed by atoms with Gasteiger partial charge in [0.1, 0.15) is 12.9 Å². The van der Waals surface area contributed by atoms with Crippen molar-refractivity contribution in [2.45, 2.75) is 13.1 Å². The Balaban J connectivity index is 1.92. The molecular weight excluding hydrogens is 276 g/mol. The summed E-state index contributed by atoms with van der Waals surface area (Å²) in [4.78, 5) is 14.5. The summed E-state index contributed by atoms with van der Waals surface area (Å²) in [6.07, 6.45) is 1.41. The molecule has 0 spiro atoms. The lowest BCUT2D eigenvalue weighted by Crippen LogP contribution is -2.29. The number of nitrogens with two attached hydrogens (primary N) is 1. The fraction of sp³-hybridized carbons (Fsp3) is 0.333. The number of thiophene rings is 1. The molecule has 2 N–H and O–H groups in total. The highest BCUT2D eigenvalue weighted by atomic mass is 32.1. The number of nitrogens with zero attached hydrogens (tertiary/aromatic N) is 5. The highest BCUT2D eigenvalue weighted by molar-refractivity contribution is 7.10. The molecule has 0 saturated heterocycles. The van der Waals surface area contributed by atoms with Crippen molar-refractivity contribution in [3.05, 3.63) is 28.2 Å². The fourth-order valence-electron chi connectivity index (χ4n) is 1.54. The van der Waals surface area contributed by atoms with E-state index in [-0.39, 0.29) is 12.5 Å². The average molecular weight is 290 g/mol. The summed E-state index contributed by atoms with van der Waals surface area (Å²) in [5, 5.41) is 12.6. The number of carbonyl (C=O) groups excluding carboxylic acids is 1. The van der Waals surface area contributed by atoms with E-state index < -0.39 is 0 Å². The van der Waals surface area contributed by atoms with Crippen molar-refractivity contribution < 1.29 is 4.79 Å². The van der Waals surface area contributed by atoms with Crippen molar-refractivity contribution in [3.8, 4) is 11.8 Å². The van der Waals surface area contributed by atoms with Crippen LogP contribution in [0.5, 0.6) is 0 Å². The number of rotatable bonds is 4. The predicted molar refractivity (Wildman–Crippen MR) is 74.5 cm³/mol. The van der Waals surface area contributed by atoms with Gasteiger partial charge in [0.25, 0.3) is 0 Å². The number of carbonyl (C=O) groups is 1. The normalized spacial score (nSPS) is 9.90. The fourth-order valence-corrected chi connectivity index (χ4v) is 2.31. The van der Waals surface area contributed by atoms with Gasteiger partial charge in [-0.1, -0.05) is 11.8 Å². The molecule has 0 fully saturated rings. The summed E-state index contributed by atoms with van der Waals surface area (Å²) in [6.45, 7) is 1.01. The topological polar surface area (TPSA) is 89.9 Å². The number of hydrogen-bond donors (Lipinski definition) is 1. The van der Waals surface area contributed by atoms with Crippen LogP contribution in [0.25, 0.3) is 0 Å². The smallest absolute Gasteiger partial charge is 0.244 e. The third-order valence-electron chi connectivity index (χ3n) is 2.50. The summed E-state index contributed by atoms with van der Waals surface area (Å²) in [7, 11) is 1.75. The lowest BCUT2D eigenvalue weighted by molar-refractivity contribution is -0.131. The minimum Gasteiger partial charge on any atom is -0.340 e. The van der Waals surface area contributed by atoms with E-state index in [1.54, 1.807) is 23.3 Å². The van der Waals surface area contributed by atoms with E-state index in [1.807, 2.05) is 11.4 Å². The Morgan fingerprint density at radius 2 is 2.45 bits per heavy atom. The van der Waals surface area contributed by atoms with Crippen molar-refractivity contribution in [1.29, 1.82) is 0 Å². The van der Waals surface area contributed by atoms with Gasteiger partial charge in [-0.05, 0) is 27.4 Å². The van der Waals surface area contributed by atoms with Crippen LogP contribution in [0.1, 0.15) is 10.4 Å². The molecule has 1 amide bonds. The molecule has 0 atom stereocenters. The average Bonchev–Trinajstić information content (AvgIpc) is 3.08. The lowest BCUT2D eigenvalue weighted by Gasteiger charge is -2.15. The zero-order valence-corrected chi connectivity index (χ0v) is 11.8. The highest BCUT2D eigenvalue weighted by Crippen LogP contribution is 2.15. The SMILES string of the molecule is CN(Cc1csc(C#CCN)c1)C(=O)Cn1cnnn1. The van der Waals surface area contributed by atoms with Crippen LogP contribution in [-0.2, 0) is 17.9 Å². The monoisotopic (exact) mass is 290 g/mol. The number of likely N-dealkylation sites (N-methyl/N-ethyl adjacent to an activating group) is 1. The van der Waals surface area contributed by atoms with Crippen LogP contribution in [0.4, 0.5) is 0 Å². The van der Waals surface area contributed by atoms with Crippen LogP contribution >= 0.6 is 11.3 Å². The van der Waals surface area contributed by atoms with Crippen LogP contribution in [0.15, 0.2) is 17.8 Å². The third-order valence-corrected chi connectivity index (χ3v) is 3.40. The van der Waals surface area contributed by atoms with E-state index in [1.165, 1.54) is 11.0 Å². The molecule has 0 bridgehead atoms. The van der Waals surface area contributed by atoms with Gasteiger partial charge in [0.15, 0.2) is 0 Å². The van der Waals surface area contributed by atoms with E-state index in [2.05, 4.69) is 27.4 Å². The summed E-state index contributed by atoms with van der Waals surface area (Å²) in [5.41, 5.74) is 6.37. The van der Waals surface area contributed by atoms with Crippen molar-refractivity contribution in [2.75, 3.05) is 13.6 Å². The van der Waals surface area contributed by atoms with E-state index in [0.29, 0.717) is 13.1 Å². The molecule has 0 saturated carbocycles. The van der Waals surface area contributed by atoms with Crippen LogP contribution < -0.4 is 5.73 Å². The zero-order valence-electron chi connectivity index (χ0n) is 11.0. The van der Waals surface area contributed by atoms with Crippen LogP contribution in [-0.4, -0.2) is 44.6 Å². The van der Waals surface area contributed by atoms with Gasteiger partial charge in [0, 0.05) is 13.6 Å². The van der Waals surface area contributed by atoms with Gasteiger partial charge in [-0.2, -0.15) is 0 Å². The molecule has 2 aromatic rings. The Hall–Kier alpha value is -2.24. The van der Waals surface area contributed by atoms with Crippen LogP contribution in [0.3, 0.4) is 0 Å². The largest absolute Gasteiger partial charge is 0.340 e. The first kappa shape index (κ1) is 14.2. The van der Waals surface area contributed by atoms with Crippen molar-refractivity contribution in [2.24, 2.45) is 5.73 Å². The molecule has 2 rings (SSSR count). The number of aromatic nitrogens is 4. The molecule has 20 heavy (non-hydrogen) atoms. The Morgan fingerprint density at radius 1 is 1.60 bits per heavy atom. The van der Waals surface area contributed by atoms with Crippen molar-refractivity contribution in [1.82, 2.24) is 25.1 Å². The molecule has 0 aliphatic carbocycles. The number of tetrazole rings is 1. The molecule has 104 valence electrons. The first-order chi connectivity index (χ1) is 9.69. The number of hydrogen-bond acceptors (Lipinski definition) is 6. The standard InChI is InChI=1S/C12H14N6OS/c1-17(12(19)7-18-9-14-15-16-18)6-10-5-11(20-8-10)3-2-4-13/h5,8-9H,4,6-7,13H2,1H3. The minimum atomic E-state index is -0.0573. The van der Waals surface area contributed by atoms with Crippen molar-refractivity contribution >= 4 is 17.2 Å². The second kappa shape index (κ2) is 6.79. The van der Waals surface area contributed by atoms with E-state index >= 15 is 0 Å². The van der Waals surface area contributed by atoms with Gasteiger partial charge in [0.05, 0.1) is 11.4 Å². The zero-order chi connectivity index (χ0) is 14.4. The quantitative estimate of drug-likeness (QED) is 0.781. The maximum absolute atomic E-state index is 12.0. The van der Waals surface area contributed by atoms with Crippen LogP contribution in [0.2, 0.25) is 0 Å². The minimum absolute atomic E-state index is 0.0573. The van der Waals surface area contributed by atoms with Gasteiger partial charge in [-0.25, -0.2) is 4.68 Å². The van der Waals surface area contributed by atoms with Gasteiger partial charge < -0.3 is 10.6 Å². The van der Waals surface area contributed by atoms with E-state index in [4.69, 9.17) is 5.73 Å². The molecule has 2 heterocycles. The molecule has 0 unspecified atom stereocenters. The first-order valence-corrected chi connectivity index (χ1v) is 6.78. The molecule has 0 aliphatic rings. The Morgan fingerprint density at radius 3 is 3.15 bits per heavy atom. The Labute approximate surface area is 120 Å². The highest BCUT2D eigenvalue weighted by Gasteiger charge is 2.11. The maximum Gasteiger partial charge on any atom is 0.244 e. The first-order valence-electron chi connectivity index (χ1n) is 5.90. The third kappa shape index (κ3) is 3.88. The summed E-state index contributed by atoms with van der Waals surface area (Å²) in [5.74, 6) is 5.72. The number of amides is 1. The van der Waals surface area contributed by atoms with E-state index in [0.717, 1.165) is 10.4 Å². The summed E-state index contributed by atoms with van der Waals surface area (Å²) >= 11 is 1.54. The molecular formula is C12H14N6OS. The second-order valence-corrected chi connectivity index (χ2v) is 4.99. The Kier molecular flexibility index (Phi) is 4.81. The van der Waals surface area contributed by atoms with Crippen LogP contribution in [0, 0.1) is 11.8 Å². The molecule has 0 aromatic carbocycles. The Bertz CT molecular complexity index is 624. The summed E-state index contributed by atoms with van der Waals surface area (Å²) < 4.78 is 1.39. The summed E-state index contributed by atoms with van der Waals surface area (Å²) in [6, 6.07) is 1.97. The lowest BCUT2D eigenvalue weighted by atomic mass is 10.3. The molecule has 0 radical (unpaired) electrons. The van der Waals surface area contributed by atoms with Crippen molar-refractivity contribution in [3.63, 3.8) is 0 Å². The van der Waals surface area contributed by atoms with Gasteiger partial charge >= 0.3 is 0 Å². The van der Waals surface area contributed by atoms with E-state index in [9.17, 15) is 4.79 Å². The predicted octanol–water partition coefficient (Wildman–Crippen LogP) is -0.297. The molecule has 0 aliphatic heterocycles. The maximum atomic E-state index is 12.0. The molecule has 8 heteroatoms. The second-order valence-electron chi connectivity index (χ2n) is 4.08. The van der Waals surface area contributed by atoms with Gasteiger partial charge in [-0.3, -0.25) is 4.79 Å². The van der Waals surface area contributed by atoms with Gasteiger partial charge in [0.2, 0.25) is 5.91 Å². The van der Waals surface area contributed by atoms with Gasteiger partial charge in [-0.15, -0.1) is 16.4 Å². The molecule has 7 nitrogen and oxygen atoms in total. The molecule has 2 aromatic heterocycles.